The summed E-state index contributed by atoms with van der Waals surface area (Å²) in [4.78, 5) is 29.5. The van der Waals surface area contributed by atoms with Crippen LogP contribution in [0.15, 0.2) is 66.5 Å². The molecule has 0 aromatic heterocycles. The molecule has 4 saturated carbocycles. The van der Waals surface area contributed by atoms with Gasteiger partial charge in [0.05, 0.1) is 0 Å². The van der Waals surface area contributed by atoms with Crippen LogP contribution in [0.25, 0.3) is 0 Å². The lowest BCUT2D eigenvalue weighted by Gasteiger charge is -2.65. The van der Waals surface area contributed by atoms with Crippen molar-refractivity contribution in [1.82, 2.24) is 4.90 Å². The van der Waals surface area contributed by atoms with E-state index >= 15 is 0 Å². The van der Waals surface area contributed by atoms with Crippen molar-refractivity contribution in [2.75, 3.05) is 11.9 Å². The van der Waals surface area contributed by atoms with Crippen LogP contribution < -0.4 is 5.32 Å². The van der Waals surface area contributed by atoms with Gasteiger partial charge in [-0.25, -0.2) is 0 Å². The van der Waals surface area contributed by atoms with Crippen LogP contribution in [0.1, 0.15) is 87.6 Å². The fourth-order valence-corrected chi connectivity index (χ4v) is 10.1. The summed E-state index contributed by atoms with van der Waals surface area (Å²) in [7, 11) is 0. The number of nitrogens with one attached hydrogen (secondary N) is 1. The lowest BCUT2D eigenvalue weighted by molar-refractivity contribution is -0.153. The highest BCUT2D eigenvalue weighted by Crippen LogP contribution is 2.70. The predicted octanol–water partition coefficient (Wildman–Crippen LogP) is 7.01. The molecule has 1 aromatic rings. The fourth-order valence-electron chi connectivity index (χ4n) is 10.1. The van der Waals surface area contributed by atoms with Crippen LogP contribution in [0.5, 0.6) is 0 Å². The highest BCUT2D eigenvalue weighted by Gasteiger charge is 2.60. The van der Waals surface area contributed by atoms with E-state index in [2.05, 4.69) is 31.3 Å². The van der Waals surface area contributed by atoms with Crippen LogP contribution in [0.3, 0.4) is 0 Å². The van der Waals surface area contributed by atoms with Crippen molar-refractivity contribution in [1.29, 1.82) is 0 Å². The smallest absolute Gasteiger partial charge is 0.255 e. The maximum absolute atomic E-state index is 14.0. The predicted molar refractivity (Wildman–Crippen MR) is 154 cm³/mol. The second kappa shape index (κ2) is 9.39. The highest BCUT2D eigenvalue weighted by molar-refractivity contribution is 6.01. The van der Waals surface area contributed by atoms with Gasteiger partial charge in [0, 0.05) is 24.2 Å². The largest absolute Gasteiger partial charge is 0.466 e. The number of hydrogen-bond donors (Lipinski definition) is 1. The molecular formula is C34H40N2O4. The van der Waals surface area contributed by atoms with Crippen molar-refractivity contribution < 1.29 is 19.1 Å². The van der Waals surface area contributed by atoms with Crippen LogP contribution in [-0.2, 0) is 20.7 Å². The molecule has 0 saturated heterocycles. The molecule has 3 atom stereocenters. The first-order valence-electron chi connectivity index (χ1n) is 15.0. The Morgan fingerprint density at radius 2 is 1.93 bits per heavy atom. The van der Waals surface area contributed by atoms with Gasteiger partial charge in [-0.2, -0.15) is 0 Å². The van der Waals surface area contributed by atoms with Gasteiger partial charge in [-0.15, -0.1) is 0 Å². The zero-order chi connectivity index (χ0) is 27.5. The number of rotatable bonds is 6. The zero-order valence-electron chi connectivity index (χ0n) is 23.7. The summed E-state index contributed by atoms with van der Waals surface area (Å²) < 4.78 is 11.3. The van der Waals surface area contributed by atoms with E-state index in [-0.39, 0.29) is 23.3 Å². The molecule has 2 amide bonds. The Balaban J connectivity index is 1.11. The molecule has 6 heteroatoms. The third-order valence-electron chi connectivity index (χ3n) is 10.3. The standard InChI is InChI=1S/C34H40N2O4/c1-32-15-23-16-33(2,20-32)22-34(17-23,21-32)18-29(37)35-27-10-6-9-26-25(27)11-12-36(31(26)38)30(24-7-4-3-5-8-24)28-19-39-13-14-40-28/h3-4,6-7,9-10,13-14,19,23,30H,5,8,11-12,15-18,20-22H2,1-2H3,(H,35,37). The topological polar surface area (TPSA) is 67.9 Å². The van der Waals surface area contributed by atoms with Crippen LogP contribution >= 0.6 is 0 Å². The minimum atomic E-state index is -0.326. The maximum atomic E-state index is 14.0. The molecule has 0 spiro atoms. The third kappa shape index (κ3) is 4.49. The van der Waals surface area contributed by atoms with E-state index in [1.165, 1.54) is 51.0 Å². The Morgan fingerprint density at radius 1 is 1.10 bits per heavy atom. The van der Waals surface area contributed by atoms with Crippen LogP contribution in [-0.4, -0.2) is 29.3 Å². The summed E-state index contributed by atoms with van der Waals surface area (Å²) in [6.45, 7) is 5.45. The molecule has 40 heavy (non-hydrogen) atoms. The van der Waals surface area contributed by atoms with Crippen LogP contribution in [0.2, 0.25) is 0 Å². The number of anilines is 1. The normalized spacial score (nSPS) is 34.4. The lowest BCUT2D eigenvalue weighted by atomic mass is 9.40. The van der Waals surface area contributed by atoms with Gasteiger partial charge in [0.15, 0.2) is 5.76 Å². The van der Waals surface area contributed by atoms with Gasteiger partial charge < -0.3 is 19.7 Å². The van der Waals surface area contributed by atoms with Crippen LogP contribution in [0.4, 0.5) is 5.69 Å². The van der Waals surface area contributed by atoms with Crippen molar-refractivity contribution in [2.24, 2.45) is 22.2 Å². The molecule has 7 aliphatic rings. The Hall–Kier alpha value is -3.28. The van der Waals surface area contributed by atoms with Gasteiger partial charge in [0.1, 0.15) is 24.8 Å². The number of ether oxygens (including phenoxy) is 2. The number of carbonyl (C=O) groups excluding carboxylic acids is 2. The first-order chi connectivity index (χ1) is 19.2. The summed E-state index contributed by atoms with van der Waals surface area (Å²) in [5, 5.41) is 3.27. The highest BCUT2D eigenvalue weighted by atomic mass is 16.5. The first kappa shape index (κ1) is 25.7. The van der Waals surface area contributed by atoms with Gasteiger partial charge in [-0.3, -0.25) is 9.59 Å². The lowest BCUT2D eigenvalue weighted by Crippen LogP contribution is -2.55. The number of nitrogens with zero attached hydrogens (tertiary/aromatic N) is 1. The Bertz CT molecular complexity index is 1350. The van der Waals surface area contributed by atoms with Crippen molar-refractivity contribution in [3.63, 3.8) is 0 Å². The molecule has 8 rings (SSSR count). The number of allylic oxidation sites excluding steroid dienone is 3. The van der Waals surface area contributed by atoms with E-state index < -0.39 is 0 Å². The SMILES string of the molecule is CC12CC3CC(C)(C1)CC(CC(=O)Nc1cccc4c1CCN(C(C1=CC=CCC1)C1=COC=CO1)C4=O)(C3)C2. The molecule has 210 valence electrons. The second-order valence-electron chi connectivity index (χ2n) is 14.1. The van der Waals surface area contributed by atoms with Gasteiger partial charge in [-0.05, 0) is 103 Å². The maximum Gasteiger partial charge on any atom is 0.255 e. The molecule has 1 aromatic carbocycles. The number of amides is 2. The Kier molecular flexibility index (Phi) is 6.03. The molecule has 6 nitrogen and oxygen atoms in total. The Morgan fingerprint density at radius 3 is 2.62 bits per heavy atom. The summed E-state index contributed by atoms with van der Waals surface area (Å²) in [5.41, 5.74) is 4.40. The van der Waals surface area contributed by atoms with Crippen LogP contribution in [0, 0.1) is 22.2 Å². The number of benzene rings is 1. The van der Waals surface area contributed by atoms with Gasteiger partial charge in [0.25, 0.3) is 5.91 Å². The van der Waals surface area contributed by atoms with E-state index in [1.54, 1.807) is 6.26 Å². The molecule has 4 fully saturated rings. The third-order valence-corrected chi connectivity index (χ3v) is 10.3. The molecule has 5 aliphatic carbocycles. The number of carbonyl (C=O) groups is 2. The van der Waals surface area contributed by atoms with E-state index in [9.17, 15) is 9.59 Å². The summed E-state index contributed by atoms with van der Waals surface area (Å²) in [6, 6.07) is 5.41. The summed E-state index contributed by atoms with van der Waals surface area (Å²) in [5.74, 6) is 1.43. The average Bonchev–Trinajstić information content (AvgIpc) is 2.89. The molecule has 1 N–H and O–H groups in total. The van der Waals surface area contributed by atoms with E-state index in [1.807, 2.05) is 29.2 Å². The minimum absolute atomic E-state index is 0.0428. The zero-order valence-corrected chi connectivity index (χ0v) is 23.7. The van der Waals surface area contributed by atoms with E-state index in [0.29, 0.717) is 41.5 Å². The number of fused-ring (bicyclic) bond motifs is 1. The molecule has 0 radical (unpaired) electrons. The van der Waals surface area contributed by atoms with Crippen molar-refractivity contribution >= 4 is 17.5 Å². The monoisotopic (exact) mass is 540 g/mol. The van der Waals surface area contributed by atoms with Gasteiger partial charge >= 0.3 is 0 Å². The summed E-state index contributed by atoms with van der Waals surface area (Å²) >= 11 is 0. The van der Waals surface area contributed by atoms with E-state index in [4.69, 9.17) is 9.47 Å². The molecule has 4 bridgehead atoms. The van der Waals surface area contributed by atoms with E-state index in [0.717, 1.165) is 35.6 Å². The molecule has 2 heterocycles. The summed E-state index contributed by atoms with van der Waals surface area (Å²) in [6.07, 6.45) is 21.4. The average molecular weight is 541 g/mol. The van der Waals surface area contributed by atoms with Crippen molar-refractivity contribution in [3.05, 3.63) is 77.7 Å². The van der Waals surface area contributed by atoms with Gasteiger partial charge in [-0.1, -0.05) is 38.1 Å². The van der Waals surface area contributed by atoms with Crippen molar-refractivity contribution in [3.8, 4) is 0 Å². The second-order valence-corrected chi connectivity index (χ2v) is 14.1. The van der Waals surface area contributed by atoms with Gasteiger partial charge in [0.2, 0.25) is 5.91 Å². The quantitative estimate of drug-likeness (QED) is 0.421. The Labute approximate surface area is 237 Å². The van der Waals surface area contributed by atoms with Crippen molar-refractivity contribution in [2.45, 2.75) is 84.1 Å². The molecular weight excluding hydrogens is 500 g/mol. The first-order valence-corrected chi connectivity index (χ1v) is 15.0. The number of hydrogen-bond acceptors (Lipinski definition) is 4. The fraction of sp³-hybridized carbons (Fsp3) is 0.529. The molecule has 2 aliphatic heterocycles. The molecule has 3 unspecified atom stereocenters. The minimum Gasteiger partial charge on any atom is -0.466 e.